The minimum absolute atomic E-state index is 0.157. The van der Waals surface area contributed by atoms with E-state index < -0.39 is 5.25 Å². The van der Waals surface area contributed by atoms with E-state index in [0.29, 0.717) is 10.8 Å². The van der Waals surface area contributed by atoms with E-state index in [0.717, 1.165) is 5.56 Å². The van der Waals surface area contributed by atoms with Crippen LogP contribution in [-0.4, -0.2) is 37.3 Å². The first-order valence-corrected chi connectivity index (χ1v) is 7.26. The zero-order valence-electron chi connectivity index (χ0n) is 11.6. The van der Waals surface area contributed by atoms with Crippen LogP contribution in [0.15, 0.2) is 29.4 Å². The number of aryl methyl sites for hydroxylation is 2. The fraction of sp³-hybridized carbons (Fsp3) is 0.308. The minimum atomic E-state index is -0.483. The molecule has 2 amide bonds. The number of benzene rings is 1. The number of tetrazole rings is 1. The van der Waals surface area contributed by atoms with Crippen molar-refractivity contribution in [3.8, 4) is 0 Å². The first-order chi connectivity index (χ1) is 10.1. The summed E-state index contributed by atoms with van der Waals surface area (Å²) < 4.78 is 1.48. The summed E-state index contributed by atoms with van der Waals surface area (Å²) in [7, 11) is 1.70. The molecule has 0 aliphatic carbocycles. The topological polar surface area (TPSA) is 81.0 Å². The number of nitrogens with zero attached hydrogens (tertiary/aromatic N) is 5. The Morgan fingerprint density at radius 2 is 1.95 bits per heavy atom. The monoisotopic (exact) mass is 303 g/mol. The van der Waals surface area contributed by atoms with Crippen LogP contribution in [0.2, 0.25) is 0 Å². The fourth-order valence-electron chi connectivity index (χ4n) is 2.11. The summed E-state index contributed by atoms with van der Waals surface area (Å²) in [5, 5.41) is 11.1. The van der Waals surface area contributed by atoms with Gasteiger partial charge in [0.25, 0.3) is 0 Å². The molecule has 0 unspecified atom stereocenters. The highest BCUT2D eigenvalue weighted by molar-refractivity contribution is 8.00. The number of hydrogen-bond donors (Lipinski definition) is 0. The Kier molecular flexibility index (Phi) is 3.46. The van der Waals surface area contributed by atoms with Gasteiger partial charge in [0.15, 0.2) is 0 Å². The van der Waals surface area contributed by atoms with Crippen molar-refractivity contribution in [1.29, 1.82) is 0 Å². The lowest BCUT2D eigenvalue weighted by Crippen LogP contribution is -2.31. The molecule has 1 atom stereocenters. The number of aromatic nitrogens is 4. The normalized spacial score (nSPS) is 18.6. The summed E-state index contributed by atoms with van der Waals surface area (Å²) in [4.78, 5) is 25.8. The van der Waals surface area contributed by atoms with Crippen LogP contribution >= 0.6 is 11.8 Å². The third-order valence-corrected chi connectivity index (χ3v) is 4.44. The molecule has 2 heterocycles. The molecule has 0 radical (unpaired) electrons. The fourth-order valence-corrected chi connectivity index (χ4v) is 3.07. The van der Waals surface area contributed by atoms with E-state index in [2.05, 4.69) is 15.5 Å². The zero-order chi connectivity index (χ0) is 15.0. The Morgan fingerprint density at radius 1 is 1.24 bits per heavy atom. The van der Waals surface area contributed by atoms with E-state index in [9.17, 15) is 9.59 Å². The van der Waals surface area contributed by atoms with Crippen molar-refractivity contribution < 1.29 is 9.59 Å². The van der Waals surface area contributed by atoms with Crippen molar-refractivity contribution in [3.63, 3.8) is 0 Å². The van der Waals surface area contributed by atoms with Gasteiger partial charge in [-0.1, -0.05) is 29.5 Å². The predicted octanol–water partition coefficient (Wildman–Crippen LogP) is 0.943. The van der Waals surface area contributed by atoms with E-state index >= 15 is 0 Å². The second kappa shape index (κ2) is 5.28. The minimum Gasteiger partial charge on any atom is -0.274 e. The van der Waals surface area contributed by atoms with Crippen LogP contribution in [0.4, 0.5) is 5.69 Å². The molecule has 108 valence electrons. The molecule has 1 fully saturated rings. The van der Waals surface area contributed by atoms with Crippen LogP contribution < -0.4 is 4.90 Å². The first-order valence-electron chi connectivity index (χ1n) is 6.39. The Bertz CT molecular complexity index is 697. The van der Waals surface area contributed by atoms with Crippen molar-refractivity contribution in [2.75, 3.05) is 4.90 Å². The molecular weight excluding hydrogens is 290 g/mol. The average Bonchev–Trinajstić information content (AvgIpc) is 2.97. The summed E-state index contributed by atoms with van der Waals surface area (Å²) in [5.74, 6) is -0.423. The lowest BCUT2D eigenvalue weighted by molar-refractivity contribution is -0.121. The number of rotatable bonds is 3. The van der Waals surface area contributed by atoms with Crippen molar-refractivity contribution in [2.45, 2.75) is 23.8 Å². The van der Waals surface area contributed by atoms with E-state index in [-0.39, 0.29) is 18.2 Å². The number of imide groups is 1. The molecule has 8 heteroatoms. The van der Waals surface area contributed by atoms with Gasteiger partial charge in [0.1, 0.15) is 5.25 Å². The van der Waals surface area contributed by atoms with Gasteiger partial charge in [-0.3, -0.25) is 9.59 Å². The molecule has 1 saturated heterocycles. The quantitative estimate of drug-likeness (QED) is 0.785. The Hall–Kier alpha value is -2.22. The summed E-state index contributed by atoms with van der Waals surface area (Å²) in [6.07, 6.45) is 0.157. The van der Waals surface area contributed by atoms with Crippen molar-refractivity contribution in [3.05, 3.63) is 29.8 Å². The molecule has 3 rings (SSSR count). The molecule has 0 spiro atoms. The SMILES string of the molecule is Cc1ccc(N2C(=O)C[C@H](Sc3nnnn3C)C2=O)cc1. The molecule has 1 aromatic heterocycles. The molecule has 1 aliphatic rings. The van der Waals surface area contributed by atoms with E-state index in [1.165, 1.54) is 21.3 Å². The number of anilines is 1. The second-order valence-electron chi connectivity index (χ2n) is 4.80. The third-order valence-electron chi connectivity index (χ3n) is 3.23. The maximum Gasteiger partial charge on any atom is 0.247 e. The molecule has 0 saturated carbocycles. The molecule has 1 aliphatic heterocycles. The molecule has 2 aromatic rings. The highest BCUT2D eigenvalue weighted by atomic mass is 32.2. The highest BCUT2D eigenvalue weighted by Gasteiger charge is 2.40. The maximum atomic E-state index is 12.4. The van der Waals surface area contributed by atoms with Crippen LogP contribution in [0.3, 0.4) is 0 Å². The Balaban J connectivity index is 1.82. The Morgan fingerprint density at radius 3 is 2.57 bits per heavy atom. The number of hydrogen-bond acceptors (Lipinski definition) is 6. The summed E-state index contributed by atoms with van der Waals surface area (Å²) >= 11 is 1.21. The van der Waals surface area contributed by atoms with Gasteiger partial charge in [-0.15, -0.1) is 5.10 Å². The Labute approximate surface area is 125 Å². The predicted molar refractivity (Wildman–Crippen MR) is 76.7 cm³/mol. The molecular formula is C13H13N5O2S. The number of carbonyl (C=O) groups is 2. The zero-order valence-corrected chi connectivity index (χ0v) is 12.4. The van der Waals surface area contributed by atoms with Crippen LogP contribution in [0.5, 0.6) is 0 Å². The lowest BCUT2D eigenvalue weighted by Gasteiger charge is -2.14. The van der Waals surface area contributed by atoms with Gasteiger partial charge in [0.05, 0.1) is 5.69 Å². The second-order valence-corrected chi connectivity index (χ2v) is 5.97. The molecule has 7 nitrogen and oxygen atoms in total. The molecule has 1 aromatic carbocycles. The molecule has 0 bridgehead atoms. The smallest absolute Gasteiger partial charge is 0.247 e. The van der Waals surface area contributed by atoms with Gasteiger partial charge in [0, 0.05) is 13.5 Å². The average molecular weight is 303 g/mol. The maximum absolute atomic E-state index is 12.4. The van der Waals surface area contributed by atoms with Gasteiger partial charge in [0.2, 0.25) is 17.0 Å². The van der Waals surface area contributed by atoms with Crippen LogP contribution in [0, 0.1) is 6.92 Å². The van der Waals surface area contributed by atoms with Gasteiger partial charge in [-0.05, 0) is 29.5 Å². The molecule has 21 heavy (non-hydrogen) atoms. The van der Waals surface area contributed by atoms with Crippen molar-refractivity contribution in [1.82, 2.24) is 20.2 Å². The van der Waals surface area contributed by atoms with Crippen LogP contribution in [0.1, 0.15) is 12.0 Å². The number of carbonyl (C=O) groups excluding carboxylic acids is 2. The summed E-state index contributed by atoms with van der Waals surface area (Å²) in [6, 6.07) is 7.32. The van der Waals surface area contributed by atoms with Gasteiger partial charge < -0.3 is 0 Å². The number of amides is 2. The lowest BCUT2D eigenvalue weighted by atomic mass is 10.2. The van der Waals surface area contributed by atoms with Gasteiger partial charge in [-0.2, -0.15) is 0 Å². The number of thioether (sulfide) groups is 1. The van der Waals surface area contributed by atoms with Gasteiger partial charge >= 0.3 is 0 Å². The van der Waals surface area contributed by atoms with Crippen molar-refractivity contribution in [2.24, 2.45) is 7.05 Å². The van der Waals surface area contributed by atoms with E-state index in [1.807, 2.05) is 19.1 Å². The van der Waals surface area contributed by atoms with Crippen molar-refractivity contribution >= 4 is 29.3 Å². The summed E-state index contributed by atoms with van der Waals surface area (Å²) in [6.45, 7) is 1.96. The van der Waals surface area contributed by atoms with E-state index in [1.54, 1.807) is 19.2 Å². The van der Waals surface area contributed by atoms with Crippen LogP contribution in [0.25, 0.3) is 0 Å². The third kappa shape index (κ3) is 2.54. The summed E-state index contributed by atoms with van der Waals surface area (Å²) in [5.41, 5.74) is 1.68. The largest absolute Gasteiger partial charge is 0.274 e. The standard InChI is InChI=1S/C13H13N5O2S/c1-8-3-5-9(6-4-8)18-11(19)7-10(12(18)20)21-13-14-15-16-17(13)2/h3-6,10H,7H2,1-2H3/t10-/m0/s1. The van der Waals surface area contributed by atoms with E-state index in [4.69, 9.17) is 0 Å². The first kappa shape index (κ1) is 13.7. The van der Waals surface area contributed by atoms with Crippen LogP contribution in [-0.2, 0) is 16.6 Å². The highest BCUT2D eigenvalue weighted by Crippen LogP contribution is 2.32. The van der Waals surface area contributed by atoms with Gasteiger partial charge in [-0.25, -0.2) is 9.58 Å². The molecule has 0 N–H and O–H groups in total.